The first-order chi connectivity index (χ1) is 24.1. The third kappa shape index (κ3) is 6.70. The van der Waals surface area contributed by atoms with Gasteiger partial charge in [0.2, 0.25) is 5.91 Å². The number of carbonyl (C=O) groups excluding carboxylic acids is 2. The van der Waals surface area contributed by atoms with E-state index in [0.29, 0.717) is 32.4 Å². The van der Waals surface area contributed by atoms with E-state index in [-0.39, 0.29) is 29.6 Å². The molecular weight excluding hydrogens is 624 g/mol. The Labute approximate surface area is 295 Å². The van der Waals surface area contributed by atoms with E-state index >= 15 is 0 Å². The molecule has 1 aliphatic carbocycles. The number of unbranched alkanes of at least 4 members (excludes halogenated alkanes) is 3. The number of rotatable bonds is 13. The molecule has 5 N–H and O–H groups in total. The van der Waals surface area contributed by atoms with Gasteiger partial charge in [0.25, 0.3) is 0 Å². The van der Waals surface area contributed by atoms with Crippen LogP contribution >= 0.6 is 0 Å². The first-order valence-electron chi connectivity index (χ1n) is 18.7. The number of fused-ring (bicyclic) bond motifs is 8. The summed E-state index contributed by atoms with van der Waals surface area (Å²) in [4.78, 5) is 44.3. The number of hydrogen-bond acceptors (Lipinski definition) is 6. The van der Waals surface area contributed by atoms with Crippen molar-refractivity contribution in [1.29, 1.82) is 0 Å². The third-order valence-electron chi connectivity index (χ3n) is 11.1. The van der Waals surface area contributed by atoms with Crippen molar-refractivity contribution in [2.75, 3.05) is 19.7 Å². The minimum atomic E-state index is -0.113. The monoisotopic (exact) mass is 678 g/mol. The number of carbonyl (C=O) groups is 2. The molecule has 3 aromatic rings. The molecule has 5 heterocycles. The van der Waals surface area contributed by atoms with Crippen molar-refractivity contribution < 1.29 is 14.3 Å². The molecule has 0 fully saturated rings. The minimum Gasteiger partial charge on any atom is -0.374 e. The fraction of sp³-hybridized carbons (Fsp3) is 0.512. The van der Waals surface area contributed by atoms with Crippen LogP contribution in [0.25, 0.3) is 33.2 Å². The van der Waals surface area contributed by atoms with E-state index in [1.165, 1.54) is 24.8 Å². The first kappa shape index (κ1) is 35.7. The molecule has 8 bridgehead atoms. The number of nitrogens with two attached hydrogens (primary N) is 1. The van der Waals surface area contributed by atoms with Crippen LogP contribution in [0.15, 0.2) is 18.2 Å². The summed E-state index contributed by atoms with van der Waals surface area (Å²) in [5, 5.41) is 2.92. The van der Waals surface area contributed by atoms with E-state index in [1.807, 2.05) is 6.92 Å². The van der Waals surface area contributed by atoms with E-state index in [2.05, 4.69) is 75.0 Å². The molecule has 0 saturated heterocycles. The molecule has 3 aromatic heterocycles. The Hall–Kier alpha value is -4.08. The Morgan fingerprint density at radius 3 is 2.52 bits per heavy atom. The summed E-state index contributed by atoms with van der Waals surface area (Å²) in [5.74, 6) is 0.0996. The number of amides is 1. The maximum Gasteiger partial charge on any atom is 0.220 e. The van der Waals surface area contributed by atoms with Crippen LogP contribution in [-0.4, -0.2) is 51.3 Å². The number of aromatic nitrogens is 4. The predicted octanol–water partition coefficient (Wildman–Crippen LogP) is 8.41. The van der Waals surface area contributed by atoms with Gasteiger partial charge in [-0.2, -0.15) is 0 Å². The number of aryl methyl sites for hydroxylation is 2. The van der Waals surface area contributed by atoms with Gasteiger partial charge < -0.3 is 25.8 Å². The number of nitrogens with one attached hydrogen (secondary N) is 3. The zero-order valence-electron chi connectivity index (χ0n) is 30.9. The number of nitrogens with zero attached hydrogens (tertiary/aromatic N) is 2. The van der Waals surface area contributed by atoms with Gasteiger partial charge in [0.05, 0.1) is 28.7 Å². The lowest BCUT2D eigenvalue weighted by atomic mass is 9.85. The lowest BCUT2D eigenvalue weighted by Gasteiger charge is -2.17. The summed E-state index contributed by atoms with van der Waals surface area (Å²) in [5.41, 5.74) is 20.3. The minimum absolute atomic E-state index is 0.0178. The Kier molecular flexibility index (Phi) is 10.7. The maximum absolute atomic E-state index is 13.7. The molecule has 0 radical (unpaired) electrons. The molecule has 3 aliphatic rings. The third-order valence-corrected chi connectivity index (χ3v) is 11.1. The number of ether oxygens (including phenoxy) is 1. The Morgan fingerprint density at radius 1 is 1.02 bits per heavy atom. The van der Waals surface area contributed by atoms with Crippen molar-refractivity contribution in [2.24, 2.45) is 5.73 Å². The molecule has 0 saturated carbocycles. The number of ketones is 1. The van der Waals surface area contributed by atoms with E-state index in [9.17, 15) is 9.59 Å². The smallest absolute Gasteiger partial charge is 0.220 e. The zero-order chi connectivity index (χ0) is 35.7. The molecule has 1 amide bonds. The first-order valence-corrected chi connectivity index (χ1v) is 18.7. The molecule has 50 heavy (non-hydrogen) atoms. The molecule has 3 atom stereocenters. The highest BCUT2D eigenvalue weighted by atomic mass is 16.5. The quantitative estimate of drug-likeness (QED) is 0.134. The van der Waals surface area contributed by atoms with Crippen LogP contribution in [0.2, 0.25) is 0 Å². The van der Waals surface area contributed by atoms with Gasteiger partial charge in [-0.15, -0.1) is 0 Å². The predicted molar refractivity (Wildman–Crippen MR) is 202 cm³/mol. The summed E-state index contributed by atoms with van der Waals surface area (Å²) in [6, 6.07) is 6.44. The fourth-order valence-corrected chi connectivity index (χ4v) is 8.15. The van der Waals surface area contributed by atoms with Gasteiger partial charge in [-0.3, -0.25) is 14.6 Å². The van der Waals surface area contributed by atoms with Gasteiger partial charge in [0.1, 0.15) is 0 Å². The average Bonchev–Trinajstić information content (AvgIpc) is 3.84. The van der Waals surface area contributed by atoms with Crippen LogP contribution in [0.4, 0.5) is 0 Å². The van der Waals surface area contributed by atoms with Crippen LogP contribution in [0.1, 0.15) is 153 Å². The number of H-pyrrole nitrogens is 2. The topological polar surface area (TPSA) is 139 Å². The molecule has 266 valence electrons. The largest absolute Gasteiger partial charge is 0.374 e. The van der Waals surface area contributed by atoms with Crippen LogP contribution in [0, 0.1) is 13.8 Å². The summed E-state index contributed by atoms with van der Waals surface area (Å²) in [6.45, 7) is 16.6. The van der Waals surface area contributed by atoms with Crippen LogP contribution in [-0.2, 0) is 16.0 Å². The zero-order valence-corrected chi connectivity index (χ0v) is 30.9. The lowest BCUT2D eigenvalue weighted by Crippen LogP contribution is -2.29. The Balaban J connectivity index is 1.59. The number of Topliss-reactive ketones (excluding diaryl/α,β-unsaturated/α-hetero) is 1. The van der Waals surface area contributed by atoms with E-state index in [0.717, 1.165) is 97.7 Å². The second-order valence-corrected chi connectivity index (χ2v) is 14.3. The molecule has 2 unspecified atom stereocenters. The molecule has 9 heteroatoms. The summed E-state index contributed by atoms with van der Waals surface area (Å²) < 4.78 is 6.47. The van der Waals surface area contributed by atoms with Crippen molar-refractivity contribution in [1.82, 2.24) is 25.3 Å². The fourth-order valence-electron chi connectivity index (χ4n) is 8.15. The summed E-state index contributed by atoms with van der Waals surface area (Å²) >= 11 is 0. The van der Waals surface area contributed by atoms with E-state index < -0.39 is 0 Å². The second-order valence-electron chi connectivity index (χ2n) is 14.3. The van der Waals surface area contributed by atoms with Crippen LogP contribution < -0.4 is 11.1 Å². The highest BCUT2D eigenvalue weighted by molar-refractivity contribution is 6.13. The SMILES string of the molecule is CCCCCCOC(C)c1c(C)c2cc3nc(c4c5[nH]c(cc6nc(cc1[nH]2)C(C)=C6CC)c(C)c5C(=O)C4)C(CCC(=O)NCCN)[C@@H]3C. The van der Waals surface area contributed by atoms with Crippen molar-refractivity contribution >= 4 is 44.9 Å². The molecule has 0 aromatic carbocycles. The average molecular weight is 679 g/mol. The van der Waals surface area contributed by atoms with Crippen molar-refractivity contribution in [2.45, 2.75) is 118 Å². The van der Waals surface area contributed by atoms with Crippen LogP contribution in [0.3, 0.4) is 0 Å². The van der Waals surface area contributed by atoms with Crippen molar-refractivity contribution in [3.05, 3.63) is 68.8 Å². The molecule has 2 aliphatic heterocycles. The maximum atomic E-state index is 13.7. The highest BCUT2D eigenvalue weighted by Crippen LogP contribution is 2.44. The molecule has 9 nitrogen and oxygen atoms in total. The highest BCUT2D eigenvalue weighted by Gasteiger charge is 2.36. The number of aromatic amines is 2. The summed E-state index contributed by atoms with van der Waals surface area (Å²) in [6.07, 6.45) is 6.64. The Bertz CT molecular complexity index is 2000. The summed E-state index contributed by atoms with van der Waals surface area (Å²) in [7, 11) is 0. The number of allylic oxidation sites excluding steroid dienone is 2. The van der Waals surface area contributed by atoms with Crippen LogP contribution in [0.5, 0.6) is 0 Å². The van der Waals surface area contributed by atoms with Gasteiger partial charge in [-0.25, -0.2) is 4.98 Å². The van der Waals surface area contributed by atoms with Gasteiger partial charge in [0.15, 0.2) is 5.78 Å². The molecular formula is C41H54N6O3. The standard InChI is InChI=1S/C41H54N6O3/c1-8-10-11-12-17-50-26(7)38-24(5)32-19-31-23(4)28(13-14-37(49)43-16-15-42)40(46-31)29-18-36(48)39-25(6)33(47-41(29)39)20-34-27(9-2)22(3)30(44-34)21-35(38)45-32/h19-21,23,26,28,45,47H,8-18,42H2,1-7H3,(H,43,49)/t23-,26?,28?/m0/s1. The Morgan fingerprint density at radius 2 is 1.78 bits per heavy atom. The van der Waals surface area contributed by atoms with Crippen molar-refractivity contribution in [3.63, 3.8) is 0 Å². The normalized spacial score (nSPS) is 17.6. The van der Waals surface area contributed by atoms with Crippen molar-refractivity contribution in [3.8, 4) is 0 Å². The van der Waals surface area contributed by atoms with Gasteiger partial charge in [-0.1, -0.05) is 40.0 Å². The lowest BCUT2D eigenvalue weighted by molar-refractivity contribution is -0.121. The van der Waals surface area contributed by atoms with E-state index in [1.54, 1.807) is 0 Å². The molecule has 6 rings (SSSR count). The molecule has 0 spiro atoms. The van der Waals surface area contributed by atoms with Gasteiger partial charge >= 0.3 is 0 Å². The van der Waals surface area contributed by atoms with E-state index in [4.69, 9.17) is 20.4 Å². The van der Waals surface area contributed by atoms with Gasteiger partial charge in [0, 0.05) is 83.3 Å². The van der Waals surface area contributed by atoms with Gasteiger partial charge in [-0.05, 0) is 87.4 Å². The number of hydrogen-bond donors (Lipinski definition) is 4. The second kappa shape index (κ2) is 15.0.